The van der Waals surface area contributed by atoms with Crippen LogP contribution >= 0.6 is 0 Å². The summed E-state index contributed by atoms with van der Waals surface area (Å²) in [6, 6.07) is 0.203. The zero-order chi connectivity index (χ0) is 10.1. The number of nitrogens with two attached hydrogens (primary N) is 1. The van der Waals surface area contributed by atoms with Gasteiger partial charge in [-0.15, -0.1) is 0 Å². The van der Waals surface area contributed by atoms with Gasteiger partial charge in [-0.3, -0.25) is 0 Å². The zero-order valence-electron chi connectivity index (χ0n) is 8.60. The molecule has 2 unspecified atom stereocenters. The molecule has 78 valence electrons. The largest absolute Gasteiger partial charge is 0.377 e. The summed E-state index contributed by atoms with van der Waals surface area (Å²) in [4.78, 5) is 4.43. The van der Waals surface area contributed by atoms with E-state index in [-0.39, 0.29) is 6.04 Å². The molecule has 5 nitrogen and oxygen atoms in total. The lowest BCUT2D eigenvalue weighted by molar-refractivity contribution is 0.177. The van der Waals surface area contributed by atoms with Crippen molar-refractivity contribution < 1.29 is 4.74 Å². The summed E-state index contributed by atoms with van der Waals surface area (Å²) in [7, 11) is 1.65. The molecule has 2 heterocycles. The van der Waals surface area contributed by atoms with Gasteiger partial charge in [0.2, 0.25) is 0 Å². The lowest BCUT2D eigenvalue weighted by atomic mass is 9.98. The molecule has 0 saturated heterocycles. The second kappa shape index (κ2) is 3.67. The number of fused-ring (bicyclic) bond motifs is 1. The van der Waals surface area contributed by atoms with Crippen LogP contribution < -0.4 is 5.73 Å². The van der Waals surface area contributed by atoms with Crippen LogP contribution in [0.5, 0.6) is 0 Å². The van der Waals surface area contributed by atoms with Crippen LogP contribution in [0.1, 0.15) is 30.9 Å². The second-order valence-corrected chi connectivity index (χ2v) is 3.90. The number of hydrogen-bond donors (Lipinski definition) is 1. The number of methoxy groups -OCH3 is 1. The normalized spacial score (nSPS) is 26.2. The average molecular weight is 196 g/mol. The van der Waals surface area contributed by atoms with Gasteiger partial charge in [0.05, 0.1) is 6.54 Å². The van der Waals surface area contributed by atoms with Crippen molar-refractivity contribution in [3.05, 3.63) is 11.6 Å². The molecule has 0 aliphatic carbocycles. The van der Waals surface area contributed by atoms with Crippen LogP contribution in [-0.4, -0.2) is 27.9 Å². The van der Waals surface area contributed by atoms with Crippen molar-refractivity contribution in [3.63, 3.8) is 0 Å². The number of hydrogen-bond acceptors (Lipinski definition) is 4. The Hall–Kier alpha value is -0.940. The lowest BCUT2D eigenvalue weighted by Gasteiger charge is -2.23. The van der Waals surface area contributed by atoms with E-state index in [1.165, 1.54) is 0 Å². The maximum absolute atomic E-state index is 5.90. The predicted molar refractivity (Wildman–Crippen MR) is 51.7 cm³/mol. The molecule has 2 N–H and O–H groups in total. The summed E-state index contributed by atoms with van der Waals surface area (Å²) in [5.74, 6) is 2.19. The molecule has 0 amide bonds. The van der Waals surface area contributed by atoms with Crippen molar-refractivity contribution in [2.45, 2.75) is 38.5 Å². The number of ether oxygens (including phenoxy) is 1. The third-order valence-electron chi connectivity index (χ3n) is 2.52. The molecule has 1 aliphatic rings. The van der Waals surface area contributed by atoms with E-state index < -0.39 is 0 Å². The molecular weight excluding hydrogens is 180 g/mol. The lowest BCUT2D eigenvalue weighted by Crippen LogP contribution is -2.34. The molecule has 2 rings (SSSR count). The molecule has 0 fully saturated rings. The Morgan fingerprint density at radius 2 is 2.43 bits per heavy atom. The van der Waals surface area contributed by atoms with E-state index in [0.29, 0.717) is 12.5 Å². The first kappa shape index (κ1) is 9.61. The fourth-order valence-electron chi connectivity index (χ4n) is 1.95. The van der Waals surface area contributed by atoms with Crippen LogP contribution in [0.3, 0.4) is 0 Å². The van der Waals surface area contributed by atoms with Crippen LogP contribution in [0.15, 0.2) is 0 Å². The fourth-order valence-corrected chi connectivity index (χ4v) is 1.95. The minimum absolute atomic E-state index is 0.203. The zero-order valence-corrected chi connectivity index (χ0v) is 8.60. The van der Waals surface area contributed by atoms with Gasteiger partial charge < -0.3 is 10.5 Å². The highest BCUT2D eigenvalue weighted by Crippen LogP contribution is 2.23. The topological polar surface area (TPSA) is 66.0 Å². The monoisotopic (exact) mass is 196 g/mol. The van der Waals surface area contributed by atoms with Gasteiger partial charge in [0.25, 0.3) is 0 Å². The first-order valence-electron chi connectivity index (χ1n) is 4.89. The third-order valence-corrected chi connectivity index (χ3v) is 2.52. The molecule has 1 aliphatic heterocycles. The molecule has 2 atom stereocenters. The molecule has 14 heavy (non-hydrogen) atoms. The number of nitrogens with zero attached hydrogens (tertiary/aromatic N) is 3. The Kier molecular flexibility index (Phi) is 2.52. The molecule has 0 aromatic carbocycles. The fraction of sp³-hybridized carbons (Fsp3) is 0.778. The molecule has 5 heteroatoms. The van der Waals surface area contributed by atoms with Gasteiger partial charge >= 0.3 is 0 Å². The van der Waals surface area contributed by atoms with Gasteiger partial charge in [-0.1, -0.05) is 6.92 Å². The minimum atomic E-state index is 0.203. The molecule has 0 radical (unpaired) electrons. The third kappa shape index (κ3) is 1.65. The Bertz CT molecular complexity index is 323. The summed E-state index contributed by atoms with van der Waals surface area (Å²) in [6.45, 7) is 3.38. The van der Waals surface area contributed by atoms with E-state index in [1.54, 1.807) is 7.11 Å². The van der Waals surface area contributed by atoms with Gasteiger partial charge in [-0.25, -0.2) is 9.67 Å². The highest BCUT2D eigenvalue weighted by molar-refractivity contribution is 5.03. The molecule has 0 saturated carbocycles. The van der Waals surface area contributed by atoms with Gasteiger partial charge in [0.15, 0.2) is 5.82 Å². The minimum Gasteiger partial charge on any atom is -0.377 e. The van der Waals surface area contributed by atoms with Crippen molar-refractivity contribution in [1.82, 2.24) is 14.8 Å². The number of rotatable bonds is 2. The van der Waals surface area contributed by atoms with Crippen molar-refractivity contribution in [1.29, 1.82) is 0 Å². The Balaban J connectivity index is 2.26. The van der Waals surface area contributed by atoms with Crippen LogP contribution in [0.2, 0.25) is 0 Å². The molecule has 1 aromatic heterocycles. The van der Waals surface area contributed by atoms with Crippen LogP contribution in [-0.2, 0) is 17.9 Å². The standard InChI is InChI=1S/C9H16N4O/c1-6-3-7(10)4-13-9(6)11-8(12-13)5-14-2/h6-7H,3-5,10H2,1-2H3. The maximum atomic E-state index is 5.90. The van der Waals surface area contributed by atoms with Gasteiger partial charge in [-0.05, 0) is 6.42 Å². The van der Waals surface area contributed by atoms with E-state index in [9.17, 15) is 0 Å². The van der Waals surface area contributed by atoms with Crippen molar-refractivity contribution in [2.24, 2.45) is 5.73 Å². The predicted octanol–water partition coefficient (Wildman–Crippen LogP) is 0.259. The summed E-state index contributed by atoms with van der Waals surface area (Å²) in [5, 5.41) is 4.34. The quantitative estimate of drug-likeness (QED) is 0.736. The molecule has 1 aromatic rings. The molecule has 0 bridgehead atoms. The Morgan fingerprint density at radius 1 is 1.64 bits per heavy atom. The van der Waals surface area contributed by atoms with Crippen molar-refractivity contribution >= 4 is 0 Å². The first-order valence-corrected chi connectivity index (χ1v) is 4.89. The highest BCUT2D eigenvalue weighted by Gasteiger charge is 2.24. The smallest absolute Gasteiger partial charge is 0.176 e. The number of aromatic nitrogens is 3. The summed E-state index contributed by atoms with van der Waals surface area (Å²) in [6.07, 6.45) is 0.991. The van der Waals surface area contributed by atoms with Gasteiger partial charge in [0.1, 0.15) is 12.4 Å². The van der Waals surface area contributed by atoms with Gasteiger partial charge in [0, 0.05) is 19.1 Å². The molecule has 0 spiro atoms. The SMILES string of the molecule is COCc1nc2n(n1)CC(N)CC2C. The van der Waals surface area contributed by atoms with Crippen molar-refractivity contribution in [3.8, 4) is 0 Å². The summed E-state index contributed by atoms with van der Waals surface area (Å²) in [5.41, 5.74) is 5.90. The van der Waals surface area contributed by atoms with E-state index >= 15 is 0 Å². The van der Waals surface area contributed by atoms with Crippen molar-refractivity contribution in [2.75, 3.05) is 7.11 Å². The van der Waals surface area contributed by atoms with E-state index in [4.69, 9.17) is 10.5 Å². The highest BCUT2D eigenvalue weighted by atomic mass is 16.5. The van der Waals surface area contributed by atoms with E-state index in [0.717, 1.165) is 24.6 Å². The average Bonchev–Trinajstić information content (AvgIpc) is 2.48. The Morgan fingerprint density at radius 3 is 3.14 bits per heavy atom. The maximum Gasteiger partial charge on any atom is 0.176 e. The van der Waals surface area contributed by atoms with E-state index in [2.05, 4.69) is 17.0 Å². The molecular formula is C9H16N4O. The van der Waals surface area contributed by atoms with Crippen LogP contribution in [0.25, 0.3) is 0 Å². The van der Waals surface area contributed by atoms with Gasteiger partial charge in [-0.2, -0.15) is 5.10 Å². The van der Waals surface area contributed by atoms with Crippen LogP contribution in [0, 0.1) is 0 Å². The Labute approximate surface area is 83.3 Å². The summed E-state index contributed by atoms with van der Waals surface area (Å²) < 4.78 is 6.91. The van der Waals surface area contributed by atoms with Crippen LogP contribution in [0.4, 0.5) is 0 Å². The van der Waals surface area contributed by atoms with E-state index in [1.807, 2.05) is 4.68 Å². The summed E-state index contributed by atoms with van der Waals surface area (Å²) >= 11 is 0. The first-order chi connectivity index (χ1) is 6.70. The second-order valence-electron chi connectivity index (χ2n) is 3.90.